The summed E-state index contributed by atoms with van der Waals surface area (Å²) >= 11 is 0. The normalized spacial score (nSPS) is 23.4. The Morgan fingerprint density at radius 2 is 0.939 bits per heavy atom. The van der Waals surface area contributed by atoms with Crippen LogP contribution in [-0.4, -0.2) is 141 Å². The number of hydrogen-bond acceptors (Lipinski definition) is 10. The van der Waals surface area contributed by atoms with Crippen LogP contribution in [0.1, 0.15) is 57.0 Å². The molecule has 0 bridgehead atoms. The van der Waals surface area contributed by atoms with Crippen molar-refractivity contribution in [2.45, 2.75) is 62.1 Å². The van der Waals surface area contributed by atoms with Crippen LogP contribution in [0.2, 0.25) is 0 Å². The maximum atomic E-state index is 13.9. The van der Waals surface area contributed by atoms with Crippen molar-refractivity contribution in [3.63, 3.8) is 0 Å². The lowest BCUT2D eigenvalue weighted by molar-refractivity contribution is -0.0288. The van der Waals surface area contributed by atoms with E-state index in [9.17, 15) is 19.8 Å². The molecule has 4 fully saturated rings. The van der Waals surface area contributed by atoms with Gasteiger partial charge in [-0.3, -0.25) is 9.59 Å². The topological polar surface area (TPSA) is 159 Å². The monoisotopic (exact) mass is 892 g/mol. The van der Waals surface area contributed by atoms with Gasteiger partial charge in [0, 0.05) is 75.7 Å². The number of nitrogens with one attached hydrogen (secondary N) is 2. The Morgan fingerprint density at radius 3 is 1.32 bits per heavy atom. The van der Waals surface area contributed by atoms with Crippen LogP contribution < -0.4 is 10.6 Å². The first kappa shape index (κ1) is 45.2. The summed E-state index contributed by atoms with van der Waals surface area (Å²) in [5.74, 6) is -0.137. The molecule has 0 aliphatic carbocycles. The Kier molecular flexibility index (Phi) is 14.7. The van der Waals surface area contributed by atoms with E-state index in [1.165, 1.54) is 11.1 Å². The summed E-state index contributed by atoms with van der Waals surface area (Å²) in [6, 6.07) is 39.8. The van der Waals surface area contributed by atoms with E-state index in [0.29, 0.717) is 63.7 Å². The van der Waals surface area contributed by atoms with Crippen molar-refractivity contribution < 1.29 is 29.3 Å². The first-order valence-electron chi connectivity index (χ1n) is 23.3. The van der Waals surface area contributed by atoms with Crippen LogP contribution in [0.25, 0.3) is 22.5 Å². The highest BCUT2D eigenvalue weighted by Gasteiger charge is 2.36. The average molecular weight is 893 g/mol. The van der Waals surface area contributed by atoms with Gasteiger partial charge in [-0.05, 0) is 36.8 Å². The van der Waals surface area contributed by atoms with Gasteiger partial charge in [-0.1, -0.05) is 121 Å². The van der Waals surface area contributed by atoms with E-state index >= 15 is 0 Å². The Hall–Kier alpha value is -6.00. The molecule has 14 nitrogen and oxygen atoms in total. The molecular weight excluding hydrogens is 833 g/mol. The van der Waals surface area contributed by atoms with Gasteiger partial charge >= 0.3 is 0 Å². The fourth-order valence-corrected chi connectivity index (χ4v) is 9.72. The number of hydrogen-bond donors (Lipinski definition) is 4. The molecule has 4 aliphatic rings. The van der Waals surface area contributed by atoms with Gasteiger partial charge < -0.3 is 49.3 Å². The lowest BCUT2D eigenvalue weighted by Gasteiger charge is -2.36. The van der Waals surface area contributed by atoms with Crippen molar-refractivity contribution in [3.8, 4) is 22.5 Å². The number of carbonyl (C=O) groups is 2. The number of nitrogens with zero attached hydrogens (tertiary/aromatic N) is 6. The molecule has 0 spiro atoms. The van der Waals surface area contributed by atoms with Crippen molar-refractivity contribution >= 4 is 11.8 Å². The Labute approximate surface area is 386 Å². The highest BCUT2D eigenvalue weighted by atomic mass is 16.5. The van der Waals surface area contributed by atoms with E-state index in [1.54, 1.807) is 12.7 Å². The van der Waals surface area contributed by atoms with Crippen molar-refractivity contribution in [2.24, 2.45) is 0 Å². The van der Waals surface area contributed by atoms with E-state index in [4.69, 9.17) is 9.47 Å². The Morgan fingerprint density at radius 1 is 0.561 bits per heavy atom. The third-order valence-corrected chi connectivity index (χ3v) is 13.2. The minimum absolute atomic E-state index is 0.0472. The summed E-state index contributed by atoms with van der Waals surface area (Å²) in [5, 5.41) is 28.2. The summed E-state index contributed by atoms with van der Waals surface area (Å²) in [7, 11) is 0. The zero-order chi connectivity index (χ0) is 45.2. The molecular formula is C52H60N8O6. The molecule has 4 aliphatic heterocycles. The van der Waals surface area contributed by atoms with Gasteiger partial charge in [0.1, 0.15) is 0 Å². The van der Waals surface area contributed by atoms with E-state index in [1.807, 2.05) is 116 Å². The first-order chi connectivity index (χ1) is 32.4. The predicted octanol–water partition coefficient (Wildman–Crippen LogP) is 5.06. The maximum Gasteiger partial charge on any atom is 0.275 e. The van der Waals surface area contributed by atoms with Crippen molar-refractivity contribution in [1.82, 2.24) is 39.5 Å². The molecule has 6 heterocycles. The number of ether oxygens (including phenoxy) is 2. The lowest BCUT2D eigenvalue weighted by Crippen LogP contribution is -2.54. The smallest absolute Gasteiger partial charge is 0.275 e. The maximum absolute atomic E-state index is 13.9. The van der Waals surface area contributed by atoms with Crippen molar-refractivity contribution in [3.05, 3.63) is 156 Å². The standard InChI is InChI=1S/2C26H30N4O3/c2*31-23-11-14-33-17-22(23)30-18-28-24(25(30)20-9-5-2-6-10-20)26(32)29-13-12-27-16-21(29)15-19-7-3-1-4-8-19/h2*1-10,18,21-23,27,31H,11-17H2/t21-,22+,23+;21-,22-,23-/m11/s1. The van der Waals surface area contributed by atoms with E-state index < -0.39 is 12.2 Å². The van der Waals surface area contributed by atoms with Gasteiger partial charge in [0.25, 0.3) is 11.8 Å². The molecule has 14 heteroatoms. The number of aliphatic hydroxyl groups excluding tert-OH is 2. The number of carbonyl (C=O) groups excluding carboxylic acids is 2. The second-order valence-corrected chi connectivity index (χ2v) is 17.5. The molecule has 4 N–H and O–H groups in total. The van der Waals surface area contributed by atoms with Crippen LogP contribution in [0.5, 0.6) is 0 Å². The lowest BCUT2D eigenvalue weighted by atomic mass is 10.0. The zero-order valence-corrected chi connectivity index (χ0v) is 37.3. The number of aliphatic hydroxyl groups is 2. The third kappa shape index (κ3) is 10.2. The molecule has 0 saturated carbocycles. The van der Waals surface area contributed by atoms with E-state index in [-0.39, 0.29) is 36.0 Å². The number of piperazine rings is 2. The van der Waals surface area contributed by atoms with Crippen molar-refractivity contribution in [1.29, 1.82) is 0 Å². The molecule has 10 rings (SSSR count). The molecule has 6 aromatic rings. The number of benzene rings is 4. The number of imidazole rings is 2. The fourth-order valence-electron chi connectivity index (χ4n) is 9.72. The summed E-state index contributed by atoms with van der Waals surface area (Å²) in [6.07, 6.45) is 5.01. The average Bonchev–Trinajstić information content (AvgIpc) is 4.02. The van der Waals surface area contributed by atoms with Crippen molar-refractivity contribution in [2.75, 3.05) is 65.7 Å². The van der Waals surface area contributed by atoms with Crippen LogP contribution in [0.15, 0.2) is 134 Å². The van der Waals surface area contributed by atoms with Crippen LogP contribution in [-0.2, 0) is 22.3 Å². The second kappa shape index (κ2) is 21.5. The van der Waals surface area contributed by atoms with Gasteiger partial charge in [-0.15, -0.1) is 0 Å². The molecule has 6 atom stereocenters. The SMILES string of the molecule is O=C(c1ncn([C@@H]2COCC[C@H]2O)c1-c1ccccc1)N1CCNC[C@H]1Cc1ccccc1.O=C(c1ncn([C@H]2COCC[C@@H]2O)c1-c1ccccc1)N1CCNC[C@H]1Cc1ccccc1. The molecule has 4 saturated heterocycles. The third-order valence-electron chi connectivity index (χ3n) is 13.2. The molecule has 0 radical (unpaired) electrons. The van der Waals surface area contributed by atoms with Gasteiger partial charge in [0.05, 0.1) is 61.5 Å². The molecule has 344 valence electrons. The number of amides is 2. The van der Waals surface area contributed by atoms with Crippen LogP contribution in [0, 0.1) is 0 Å². The summed E-state index contributed by atoms with van der Waals surface area (Å²) in [6.45, 7) is 6.15. The minimum Gasteiger partial charge on any atom is -0.391 e. The van der Waals surface area contributed by atoms with E-state index in [2.05, 4.69) is 44.9 Å². The second-order valence-electron chi connectivity index (χ2n) is 17.5. The largest absolute Gasteiger partial charge is 0.391 e. The summed E-state index contributed by atoms with van der Waals surface area (Å²) < 4.78 is 15.2. The van der Waals surface area contributed by atoms with Crippen LogP contribution in [0.4, 0.5) is 0 Å². The number of aromatic nitrogens is 4. The summed E-state index contributed by atoms with van der Waals surface area (Å²) in [5.41, 5.74) is 6.58. The minimum atomic E-state index is -0.539. The van der Waals surface area contributed by atoms with E-state index in [0.717, 1.165) is 61.5 Å². The molecule has 66 heavy (non-hydrogen) atoms. The molecule has 2 aromatic heterocycles. The first-order valence-corrected chi connectivity index (χ1v) is 23.3. The molecule has 4 aromatic carbocycles. The highest BCUT2D eigenvalue weighted by Crippen LogP contribution is 2.33. The van der Waals surface area contributed by atoms with Gasteiger partial charge in [-0.25, -0.2) is 9.97 Å². The highest BCUT2D eigenvalue weighted by molar-refractivity contribution is 5.99. The van der Waals surface area contributed by atoms with Gasteiger partial charge in [-0.2, -0.15) is 0 Å². The fraction of sp³-hybridized carbons (Fsp3) is 0.385. The Balaban J connectivity index is 0.000000166. The molecule has 0 unspecified atom stereocenters. The number of rotatable bonds is 10. The quantitative estimate of drug-likeness (QED) is 0.147. The zero-order valence-electron chi connectivity index (χ0n) is 37.3. The van der Waals surface area contributed by atoms with Gasteiger partial charge in [0.2, 0.25) is 0 Å². The van der Waals surface area contributed by atoms with Crippen LogP contribution >= 0.6 is 0 Å². The van der Waals surface area contributed by atoms with Crippen LogP contribution in [0.3, 0.4) is 0 Å². The molecule has 2 amide bonds. The Bertz CT molecular complexity index is 2310. The predicted molar refractivity (Wildman–Crippen MR) is 252 cm³/mol. The van der Waals surface area contributed by atoms with Gasteiger partial charge in [0.15, 0.2) is 11.4 Å². The summed E-state index contributed by atoms with van der Waals surface area (Å²) in [4.78, 5) is 40.9.